The van der Waals surface area contributed by atoms with Crippen molar-refractivity contribution in [3.63, 3.8) is 0 Å². The first-order valence-electron chi connectivity index (χ1n) is 4.60. The highest BCUT2D eigenvalue weighted by molar-refractivity contribution is 6.01. The third-order valence-electron chi connectivity index (χ3n) is 2.56. The Hall–Kier alpha value is -1.51. The summed E-state index contributed by atoms with van der Waals surface area (Å²) in [6.45, 7) is 3.98. The molecule has 1 aliphatic rings. The summed E-state index contributed by atoms with van der Waals surface area (Å²) in [6, 6.07) is 1.72. The summed E-state index contributed by atoms with van der Waals surface area (Å²) in [7, 11) is 0. The number of rotatable bonds is 0. The van der Waals surface area contributed by atoms with Crippen LogP contribution in [-0.2, 0) is 0 Å². The highest BCUT2D eigenvalue weighted by Gasteiger charge is 2.23. The second-order valence-corrected chi connectivity index (χ2v) is 3.56. The molecule has 74 valence electrons. The number of aromatic hydroxyl groups is 1. The minimum absolute atomic E-state index is 0.0547. The summed E-state index contributed by atoms with van der Waals surface area (Å²) in [5, 5.41) is 9.67. The summed E-state index contributed by atoms with van der Waals surface area (Å²) >= 11 is 0. The van der Waals surface area contributed by atoms with E-state index >= 15 is 0 Å². The monoisotopic (exact) mass is 192 g/mol. The van der Waals surface area contributed by atoms with Crippen molar-refractivity contribution in [2.75, 3.05) is 6.61 Å². The molecule has 0 bridgehead atoms. The van der Waals surface area contributed by atoms with Gasteiger partial charge < -0.3 is 9.84 Å². The zero-order chi connectivity index (χ0) is 10.3. The fraction of sp³-hybridized carbons (Fsp3) is 0.364. The first-order chi connectivity index (χ1) is 6.61. The Morgan fingerprint density at radius 1 is 1.43 bits per heavy atom. The van der Waals surface area contributed by atoms with Gasteiger partial charge in [-0.3, -0.25) is 4.79 Å². The predicted octanol–water partition coefficient (Wildman–Crippen LogP) is 1.97. The van der Waals surface area contributed by atoms with Gasteiger partial charge in [0.25, 0.3) is 0 Å². The summed E-state index contributed by atoms with van der Waals surface area (Å²) in [6.07, 6.45) is 0.399. The smallest absolute Gasteiger partial charge is 0.170 e. The average Bonchev–Trinajstić information content (AvgIpc) is 2.14. The Morgan fingerprint density at radius 2 is 2.14 bits per heavy atom. The lowest BCUT2D eigenvalue weighted by Crippen LogP contribution is -2.16. The molecule has 0 fully saturated rings. The first kappa shape index (κ1) is 9.06. The Balaban J connectivity index is 2.70. The standard InChI is InChI=1S/C11H12O3/c1-6-5-9-10(7(2)11(6)13)8(12)3-4-14-9/h5,13H,3-4H2,1-2H3. The summed E-state index contributed by atoms with van der Waals surface area (Å²) < 4.78 is 5.38. The van der Waals surface area contributed by atoms with Gasteiger partial charge in [0, 0.05) is 12.0 Å². The van der Waals surface area contributed by atoms with Gasteiger partial charge in [-0.2, -0.15) is 0 Å². The summed E-state index contributed by atoms with van der Waals surface area (Å²) in [5.41, 5.74) is 1.92. The number of carbonyl (C=O) groups excluding carboxylic acids is 1. The number of benzene rings is 1. The molecule has 1 aromatic rings. The van der Waals surface area contributed by atoms with E-state index in [2.05, 4.69) is 0 Å². The molecular formula is C11H12O3. The first-order valence-corrected chi connectivity index (χ1v) is 4.60. The van der Waals surface area contributed by atoms with Crippen LogP contribution in [0, 0.1) is 13.8 Å². The molecule has 0 atom stereocenters. The molecule has 3 heteroatoms. The van der Waals surface area contributed by atoms with Gasteiger partial charge in [0.1, 0.15) is 11.5 Å². The van der Waals surface area contributed by atoms with Crippen LogP contribution >= 0.6 is 0 Å². The van der Waals surface area contributed by atoms with Gasteiger partial charge in [-0.25, -0.2) is 0 Å². The summed E-state index contributed by atoms with van der Waals surface area (Å²) in [4.78, 5) is 11.6. The number of ether oxygens (including phenoxy) is 1. The number of Topliss-reactive ketones (excluding diaryl/α,β-unsaturated/α-hetero) is 1. The maximum atomic E-state index is 11.6. The molecule has 0 radical (unpaired) electrons. The quantitative estimate of drug-likeness (QED) is 0.683. The van der Waals surface area contributed by atoms with Crippen molar-refractivity contribution in [2.24, 2.45) is 0 Å². The lowest BCUT2D eigenvalue weighted by atomic mass is 9.96. The normalized spacial score (nSPS) is 14.9. The van der Waals surface area contributed by atoms with Crippen LogP contribution in [-0.4, -0.2) is 17.5 Å². The molecule has 1 N–H and O–H groups in total. The highest BCUT2D eigenvalue weighted by atomic mass is 16.5. The fourth-order valence-corrected chi connectivity index (χ4v) is 1.78. The van der Waals surface area contributed by atoms with E-state index in [9.17, 15) is 9.90 Å². The van der Waals surface area contributed by atoms with Gasteiger partial charge >= 0.3 is 0 Å². The van der Waals surface area contributed by atoms with Crippen LogP contribution < -0.4 is 4.74 Å². The van der Waals surface area contributed by atoms with Crippen molar-refractivity contribution in [3.05, 3.63) is 22.8 Å². The number of fused-ring (bicyclic) bond motifs is 1. The largest absolute Gasteiger partial charge is 0.507 e. The van der Waals surface area contributed by atoms with Gasteiger partial charge in [0.05, 0.1) is 12.2 Å². The number of phenolic OH excluding ortho intramolecular Hbond substituents is 1. The number of hydrogen-bond donors (Lipinski definition) is 1. The molecule has 0 saturated carbocycles. The Morgan fingerprint density at radius 3 is 2.86 bits per heavy atom. The molecule has 1 aliphatic heterocycles. The third-order valence-corrected chi connectivity index (χ3v) is 2.56. The number of hydrogen-bond acceptors (Lipinski definition) is 3. The lowest BCUT2D eigenvalue weighted by molar-refractivity contribution is 0.0932. The van der Waals surface area contributed by atoms with Crippen molar-refractivity contribution >= 4 is 5.78 Å². The molecule has 0 aliphatic carbocycles. The predicted molar refractivity (Wildman–Crippen MR) is 52.0 cm³/mol. The SMILES string of the molecule is Cc1cc2c(c(C)c1O)C(=O)CCO2. The van der Waals surface area contributed by atoms with E-state index in [1.807, 2.05) is 0 Å². The number of aryl methyl sites for hydroxylation is 1. The zero-order valence-corrected chi connectivity index (χ0v) is 8.26. The minimum Gasteiger partial charge on any atom is -0.507 e. The molecule has 0 aromatic heterocycles. The fourth-order valence-electron chi connectivity index (χ4n) is 1.78. The van der Waals surface area contributed by atoms with Crippen molar-refractivity contribution in [3.8, 4) is 11.5 Å². The van der Waals surface area contributed by atoms with E-state index in [1.165, 1.54) is 0 Å². The second kappa shape index (κ2) is 3.01. The topological polar surface area (TPSA) is 46.5 Å². The minimum atomic E-state index is 0.0547. The molecule has 0 unspecified atom stereocenters. The van der Waals surface area contributed by atoms with Crippen LogP contribution in [0.2, 0.25) is 0 Å². The number of carbonyl (C=O) groups is 1. The molecule has 2 rings (SSSR count). The van der Waals surface area contributed by atoms with Gasteiger partial charge in [-0.05, 0) is 25.5 Å². The van der Waals surface area contributed by atoms with Crippen molar-refractivity contribution < 1.29 is 14.6 Å². The van der Waals surface area contributed by atoms with E-state index in [0.717, 1.165) is 5.56 Å². The average molecular weight is 192 g/mol. The number of ketones is 1. The van der Waals surface area contributed by atoms with E-state index in [-0.39, 0.29) is 11.5 Å². The summed E-state index contributed by atoms with van der Waals surface area (Å²) in [5.74, 6) is 0.857. The molecule has 14 heavy (non-hydrogen) atoms. The van der Waals surface area contributed by atoms with E-state index in [0.29, 0.717) is 29.9 Å². The van der Waals surface area contributed by atoms with Gasteiger partial charge in [0.2, 0.25) is 0 Å². The molecule has 0 saturated heterocycles. The van der Waals surface area contributed by atoms with Crippen molar-refractivity contribution in [1.82, 2.24) is 0 Å². The lowest BCUT2D eigenvalue weighted by Gasteiger charge is -2.19. The van der Waals surface area contributed by atoms with Crippen LogP contribution in [0.3, 0.4) is 0 Å². The van der Waals surface area contributed by atoms with Gasteiger partial charge in [0.15, 0.2) is 5.78 Å². The molecule has 0 amide bonds. The molecule has 1 heterocycles. The molecular weight excluding hydrogens is 180 g/mol. The van der Waals surface area contributed by atoms with Crippen LogP contribution in [0.4, 0.5) is 0 Å². The molecule has 3 nitrogen and oxygen atoms in total. The maximum absolute atomic E-state index is 11.6. The molecule has 1 aromatic carbocycles. The third kappa shape index (κ3) is 1.16. The maximum Gasteiger partial charge on any atom is 0.170 e. The van der Waals surface area contributed by atoms with Crippen LogP contribution in [0.15, 0.2) is 6.07 Å². The highest BCUT2D eigenvalue weighted by Crippen LogP contribution is 2.35. The van der Waals surface area contributed by atoms with Crippen LogP contribution in [0.25, 0.3) is 0 Å². The second-order valence-electron chi connectivity index (χ2n) is 3.56. The Bertz CT molecular complexity index is 407. The Kier molecular flexibility index (Phi) is 1.95. The van der Waals surface area contributed by atoms with E-state index in [4.69, 9.17) is 4.74 Å². The van der Waals surface area contributed by atoms with E-state index < -0.39 is 0 Å². The van der Waals surface area contributed by atoms with Crippen LogP contribution in [0.5, 0.6) is 11.5 Å². The van der Waals surface area contributed by atoms with E-state index in [1.54, 1.807) is 19.9 Å². The van der Waals surface area contributed by atoms with Gasteiger partial charge in [-0.1, -0.05) is 0 Å². The van der Waals surface area contributed by atoms with Crippen molar-refractivity contribution in [2.45, 2.75) is 20.3 Å². The van der Waals surface area contributed by atoms with Crippen molar-refractivity contribution in [1.29, 1.82) is 0 Å². The molecule has 0 spiro atoms. The number of phenols is 1. The zero-order valence-electron chi connectivity index (χ0n) is 8.26. The Labute approximate surface area is 82.3 Å². The van der Waals surface area contributed by atoms with Gasteiger partial charge in [-0.15, -0.1) is 0 Å². The van der Waals surface area contributed by atoms with Crippen LogP contribution in [0.1, 0.15) is 27.9 Å².